The second-order valence-electron chi connectivity index (χ2n) is 5.10. The van der Waals surface area contributed by atoms with Crippen molar-refractivity contribution in [2.75, 3.05) is 5.32 Å². The number of benzene rings is 1. The summed E-state index contributed by atoms with van der Waals surface area (Å²) in [5, 5.41) is 2.77. The molecule has 2 heterocycles. The van der Waals surface area contributed by atoms with E-state index in [2.05, 4.69) is 27.9 Å². The molecule has 0 bridgehead atoms. The molecule has 0 aliphatic carbocycles. The predicted octanol–water partition coefficient (Wildman–Crippen LogP) is 2.85. The molecule has 4 nitrogen and oxygen atoms in total. The Balaban J connectivity index is 1.86. The summed E-state index contributed by atoms with van der Waals surface area (Å²) in [6, 6.07) is 7.72. The summed E-state index contributed by atoms with van der Waals surface area (Å²) in [4.78, 5) is 16.2. The predicted molar refractivity (Wildman–Crippen MR) is 82.7 cm³/mol. The number of amides is 1. The standard InChI is InChI=1S/C17H17N3O/c1-2-6-17(21)18-14-8-5-7-13(11-14)15-12-20-10-4-3-9-16(20)19-15/h5,7-8,11-12H,3-4,9-10H2,1H3,(H,18,21). The summed E-state index contributed by atoms with van der Waals surface area (Å²) in [5.74, 6) is 5.92. The van der Waals surface area contributed by atoms with Crippen molar-refractivity contribution in [3.63, 3.8) is 0 Å². The van der Waals surface area contributed by atoms with Crippen LogP contribution in [0.5, 0.6) is 0 Å². The van der Waals surface area contributed by atoms with Crippen molar-refractivity contribution in [1.82, 2.24) is 9.55 Å². The van der Waals surface area contributed by atoms with Gasteiger partial charge in [-0.3, -0.25) is 4.79 Å². The van der Waals surface area contributed by atoms with Gasteiger partial charge in [-0.25, -0.2) is 4.98 Å². The first-order valence-corrected chi connectivity index (χ1v) is 7.16. The molecule has 1 aromatic carbocycles. The number of anilines is 1. The van der Waals surface area contributed by atoms with E-state index in [9.17, 15) is 4.79 Å². The molecular formula is C17H17N3O. The van der Waals surface area contributed by atoms with Gasteiger partial charge < -0.3 is 9.88 Å². The van der Waals surface area contributed by atoms with E-state index in [4.69, 9.17) is 4.98 Å². The van der Waals surface area contributed by atoms with Crippen LogP contribution in [0.15, 0.2) is 30.5 Å². The molecule has 0 saturated carbocycles. The molecule has 1 aliphatic rings. The minimum absolute atomic E-state index is 0.293. The second-order valence-corrected chi connectivity index (χ2v) is 5.10. The molecule has 2 aromatic rings. The van der Waals surface area contributed by atoms with Crippen LogP contribution in [0.4, 0.5) is 5.69 Å². The molecule has 0 saturated heterocycles. The van der Waals surface area contributed by atoms with Gasteiger partial charge in [-0.1, -0.05) is 18.1 Å². The Labute approximate surface area is 124 Å². The largest absolute Gasteiger partial charge is 0.334 e. The second kappa shape index (κ2) is 5.84. The maximum Gasteiger partial charge on any atom is 0.300 e. The highest BCUT2D eigenvalue weighted by Crippen LogP contribution is 2.24. The van der Waals surface area contributed by atoms with Gasteiger partial charge >= 0.3 is 0 Å². The van der Waals surface area contributed by atoms with Crippen LogP contribution in [0, 0.1) is 11.8 Å². The highest BCUT2D eigenvalue weighted by Gasteiger charge is 2.13. The molecule has 0 fully saturated rings. The molecule has 1 N–H and O–H groups in total. The van der Waals surface area contributed by atoms with Gasteiger partial charge in [0.05, 0.1) is 5.69 Å². The van der Waals surface area contributed by atoms with E-state index < -0.39 is 0 Å². The van der Waals surface area contributed by atoms with Gasteiger partial charge in [-0.05, 0) is 37.8 Å². The summed E-state index contributed by atoms with van der Waals surface area (Å²) in [5.41, 5.74) is 2.72. The first-order valence-electron chi connectivity index (χ1n) is 7.16. The molecule has 0 radical (unpaired) electrons. The fourth-order valence-corrected chi connectivity index (χ4v) is 2.58. The Morgan fingerprint density at radius 2 is 2.29 bits per heavy atom. The fraction of sp³-hybridized carbons (Fsp3) is 0.294. The molecule has 3 rings (SSSR count). The number of nitrogens with one attached hydrogen (secondary N) is 1. The van der Waals surface area contributed by atoms with Gasteiger partial charge in [-0.15, -0.1) is 0 Å². The van der Waals surface area contributed by atoms with Crippen LogP contribution >= 0.6 is 0 Å². The maximum absolute atomic E-state index is 11.5. The molecule has 0 atom stereocenters. The first-order chi connectivity index (χ1) is 10.3. The van der Waals surface area contributed by atoms with Crippen molar-refractivity contribution < 1.29 is 4.79 Å². The van der Waals surface area contributed by atoms with Crippen molar-refractivity contribution in [3.05, 3.63) is 36.3 Å². The summed E-state index contributed by atoms with van der Waals surface area (Å²) in [6.45, 7) is 2.69. The van der Waals surface area contributed by atoms with E-state index in [-0.39, 0.29) is 5.91 Å². The van der Waals surface area contributed by atoms with Gasteiger partial charge in [0.15, 0.2) is 0 Å². The molecule has 0 spiro atoms. The number of hydrogen-bond donors (Lipinski definition) is 1. The Morgan fingerprint density at radius 1 is 1.38 bits per heavy atom. The van der Waals surface area contributed by atoms with Crippen molar-refractivity contribution in [2.45, 2.75) is 32.7 Å². The molecule has 1 amide bonds. The Hall–Kier alpha value is -2.54. The van der Waals surface area contributed by atoms with Gasteiger partial charge in [-0.2, -0.15) is 0 Å². The number of hydrogen-bond acceptors (Lipinski definition) is 2. The number of aryl methyl sites for hydroxylation is 2. The number of nitrogens with zero attached hydrogens (tertiary/aromatic N) is 2. The average molecular weight is 279 g/mol. The lowest BCUT2D eigenvalue weighted by Crippen LogP contribution is -2.08. The zero-order valence-corrected chi connectivity index (χ0v) is 12.0. The van der Waals surface area contributed by atoms with Gasteiger partial charge in [0.25, 0.3) is 5.91 Å². The van der Waals surface area contributed by atoms with E-state index in [0.29, 0.717) is 0 Å². The molecule has 21 heavy (non-hydrogen) atoms. The zero-order chi connectivity index (χ0) is 14.7. The van der Waals surface area contributed by atoms with Crippen LogP contribution in [0.25, 0.3) is 11.3 Å². The van der Waals surface area contributed by atoms with E-state index >= 15 is 0 Å². The smallest absolute Gasteiger partial charge is 0.300 e. The number of imidazole rings is 1. The topological polar surface area (TPSA) is 46.9 Å². The summed E-state index contributed by atoms with van der Waals surface area (Å²) >= 11 is 0. The van der Waals surface area contributed by atoms with Crippen LogP contribution in [-0.4, -0.2) is 15.5 Å². The number of fused-ring (bicyclic) bond motifs is 1. The van der Waals surface area contributed by atoms with Crippen LogP contribution < -0.4 is 5.32 Å². The molecular weight excluding hydrogens is 262 g/mol. The third-order valence-corrected chi connectivity index (χ3v) is 3.56. The normalized spacial score (nSPS) is 13.0. The summed E-state index contributed by atoms with van der Waals surface area (Å²) < 4.78 is 2.23. The molecule has 106 valence electrons. The Bertz CT molecular complexity index is 710. The number of rotatable bonds is 2. The van der Waals surface area contributed by atoms with Crippen LogP contribution in [-0.2, 0) is 17.8 Å². The number of carbonyl (C=O) groups is 1. The lowest BCUT2D eigenvalue weighted by molar-refractivity contribution is -0.111. The van der Waals surface area contributed by atoms with Gasteiger partial charge in [0.1, 0.15) is 5.82 Å². The highest BCUT2D eigenvalue weighted by molar-refractivity contribution is 6.04. The molecule has 4 heteroatoms. The molecule has 1 aliphatic heterocycles. The number of carbonyl (C=O) groups excluding carboxylic acids is 1. The van der Waals surface area contributed by atoms with Gasteiger partial charge in [0.2, 0.25) is 0 Å². The number of aromatic nitrogens is 2. The van der Waals surface area contributed by atoms with Crippen molar-refractivity contribution in [3.8, 4) is 23.1 Å². The van der Waals surface area contributed by atoms with E-state index in [1.807, 2.05) is 24.3 Å². The van der Waals surface area contributed by atoms with Crippen LogP contribution in [0.2, 0.25) is 0 Å². The molecule has 1 aromatic heterocycles. The van der Waals surface area contributed by atoms with Gasteiger partial charge in [0, 0.05) is 30.4 Å². The quantitative estimate of drug-likeness (QED) is 0.859. The van der Waals surface area contributed by atoms with Crippen LogP contribution in [0.3, 0.4) is 0 Å². The summed E-state index contributed by atoms with van der Waals surface area (Å²) in [7, 11) is 0. The maximum atomic E-state index is 11.5. The molecule has 0 unspecified atom stereocenters. The van der Waals surface area contributed by atoms with E-state index in [1.165, 1.54) is 12.8 Å². The average Bonchev–Trinajstić information content (AvgIpc) is 2.91. The first kappa shape index (κ1) is 13.4. The monoisotopic (exact) mass is 279 g/mol. The fourth-order valence-electron chi connectivity index (χ4n) is 2.58. The third-order valence-electron chi connectivity index (χ3n) is 3.56. The van der Waals surface area contributed by atoms with E-state index in [0.717, 1.165) is 35.7 Å². The third kappa shape index (κ3) is 2.97. The minimum atomic E-state index is -0.293. The zero-order valence-electron chi connectivity index (χ0n) is 12.0. The summed E-state index contributed by atoms with van der Waals surface area (Å²) in [6.07, 6.45) is 5.57. The van der Waals surface area contributed by atoms with Crippen molar-refractivity contribution in [2.24, 2.45) is 0 Å². The highest BCUT2D eigenvalue weighted by atomic mass is 16.1. The van der Waals surface area contributed by atoms with E-state index in [1.54, 1.807) is 6.92 Å². The van der Waals surface area contributed by atoms with Crippen molar-refractivity contribution >= 4 is 11.6 Å². The lowest BCUT2D eigenvalue weighted by atomic mass is 10.1. The van der Waals surface area contributed by atoms with Crippen molar-refractivity contribution in [1.29, 1.82) is 0 Å². The Kier molecular flexibility index (Phi) is 3.74. The Morgan fingerprint density at radius 3 is 3.10 bits per heavy atom. The minimum Gasteiger partial charge on any atom is -0.334 e. The SMILES string of the molecule is CC#CC(=O)Nc1cccc(-c2cn3c(n2)CCCC3)c1. The lowest BCUT2D eigenvalue weighted by Gasteiger charge is -2.11. The van der Waals surface area contributed by atoms with Crippen LogP contribution in [0.1, 0.15) is 25.6 Å².